The van der Waals surface area contributed by atoms with E-state index in [1.165, 1.54) is 6.07 Å². The lowest BCUT2D eigenvalue weighted by molar-refractivity contribution is 0.554. The van der Waals surface area contributed by atoms with Crippen molar-refractivity contribution in [2.75, 3.05) is 13.6 Å². The Hall–Kier alpha value is -2.44. The van der Waals surface area contributed by atoms with Gasteiger partial charge in [0.15, 0.2) is 5.96 Å². The molecule has 0 aliphatic carbocycles. The van der Waals surface area contributed by atoms with Gasteiger partial charge in [-0.1, -0.05) is 0 Å². The van der Waals surface area contributed by atoms with Gasteiger partial charge in [0.2, 0.25) is 0 Å². The number of rotatable bonds is 6. The molecule has 0 aliphatic heterocycles. The third kappa shape index (κ3) is 5.04. The smallest absolute Gasteiger partial charge is 0.191 e. The Morgan fingerprint density at radius 2 is 2.00 bits per heavy atom. The SMILES string of the molecule is CN=C(NCCCn1nc(C)cc1C)NCc1cc(F)ccc1F. The van der Waals surface area contributed by atoms with Gasteiger partial charge in [-0.15, -0.1) is 0 Å². The third-order valence-corrected chi connectivity index (χ3v) is 3.62. The summed E-state index contributed by atoms with van der Waals surface area (Å²) >= 11 is 0. The van der Waals surface area contributed by atoms with E-state index in [1.807, 2.05) is 24.6 Å². The highest BCUT2D eigenvalue weighted by atomic mass is 19.1. The standard InChI is InChI=1S/C17H23F2N5/c1-12-9-13(2)24(23-12)8-4-7-21-17(20-3)22-11-14-10-15(18)5-6-16(14)19/h5-6,9-10H,4,7-8,11H2,1-3H3,(H2,20,21,22). The third-order valence-electron chi connectivity index (χ3n) is 3.62. The van der Waals surface area contributed by atoms with Crippen LogP contribution in [0.15, 0.2) is 29.3 Å². The Labute approximate surface area is 140 Å². The predicted molar refractivity (Wildman–Crippen MR) is 90.9 cm³/mol. The van der Waals surface area contributed by atoms with E-state index in [-0.39, 0.29) is 12.1 Å². The van der Waals surface area contributed by atoms with Crippen LogP contribution in [0.4, 0.5) is 8.78 Å². The van der Waals surface area contributed by atoms with E-state index in [0.717, 1.165) is 36.5 Å². The van der Waals surface area contributed by atoms with Crippen molar-refractivity contribution in [1.29, 1.82) is 0 Å². The summed E-state index contributed by atoms with van der Waals surface area (Å²) in [6.45, 7) is 5.67. The zero-order valence-electron chi connectivity index (χ0n) is 14.2. The topological polar surface area (TPSA) is 54.2 Å². The van der Waals surface area contributed by atoms with Gasteiger partial charge in [0, 0.05) is 37.9 Å². The van der Waals surface area contributed by atoms with Gasteiger partial charge in [-0.2, -0.15) is 5.10 Å². The molecule has 24 heavy (non-hydrogen) atoms. The molecule has 0 fully saturated rings. The average molecular weight is 335 g/mol. The largest absolute Gasteiger partial charge is 0.356 e. The molecule has 2 aromatic rings. The number of hydrogen-bond donors (Lipinski definition) is 2. The van der Waals surface area contributed by atoms with E-state index < -0.39 is 11.6 Å². The second-order valence-corrected chi connectivity index (χ2v) is 5.59. The van der Waals surface area contributed by atoms with E-state index in [1.54, 1.807) is 7.05 Å². The Morgan fingerprint density at radius 1 is 1.21 bits per heavy atom. The van der Waals surface area contributed by atoms with Gasteiger partial charge in [0.05, 0.1) is 5.69 Å². The molecule has 7 heteroatoms. The quantitative estimate of drug-likeness (QED) is 0.485. The number of aliphatic imine (C=N–C) groups is 1. The first kappa shape index (κ1) is 17.9. The van der Waals surface area contributed by atoms with Crippen molar-refractivity contribution in [1.82, 2.24) is 20.4 Å². The highest BCUT2D eigenvalue weighted by molar-refractivity contribution is 5.79. The maximum absolute atomic E-state index is 13.6. The molecule has 5 nitrogen and oxygen atoms in total. The summed E-state index contributed by atoms with van der Waals surface area (Å²) in [6, 6.07) is 5.45. The van der Waals surface area contributed by atoms with Crippen LogP contribution in [-0.4, -0.2) is 29.3 Å². The Bertz CT molecular complexity index is 709. The number of hydrogen-bond acceptors (Lipinski definition) is 2. The van der Waals surface area contributed by atoms with Gasteiger partial charge in [-0.3, -0.25) is 9.67 Å². The fourth-order valence-electron chi connectivity index (χ4n) is 2.42. The summed E-state index contributed by atoms with van der Waals surface area (Å²) in [4.78, 5) is 4.08. The van der Waals surface area contributed by atoms with Crippen LogP contribution < -0.4 is 10.6 Å². The summed E-state index contributed by atoms with van der Waals surface area (Å²) in [5.74, 6) is -0.350. The van der Waals surface area contributed by atoms with Gasteiger partial charge in [0.25, 0.3) is 0 Å². The van der Waals surface area contributed by atoms with Crippen LogP contribution in [0.5, 0.6) is 0 Å². The molecule has 0 radical (unpaired) electrons. The summed E-state index contributed by atoms with van der Waals surface area (Å²) < 4.78 is 28.7. The van der Waals surface area contributed by atoms with Crippen LogP contribution in [0.1, 0.15) is 23.4 Å². The molecule has 0 saturated carbocycles. The number of nitrogens with one attached hydrogen (secondary N) is 2. The van der Waals surface area contributed by atoms with Crippen LogP contribution in [0.3, 0.4) is 0 Å². The van der Waals surface area contributed by atoms with Crippen molar-refractivity contribution in [2.45, 2.75) is 33.4 Å². The van der Waals surface area contributed by atoms with Gasteiger partial charge in [-0.25, -0.2) is 8.78 Å². The zero-order chi connectivity index (χ0) is 17.5. The lowest BCUT2D eigenvalue weighted by Gasteiger charge is -2.12. The van der Waals surface area contributed by atoms with E-state index >= 15 is 0 Å². The lowest BCUT2D eigenvalue weighted by Crippen LogP contribution is -2.37. The second-order valence-electron chi connectivity index (χ2n) is 5.59. The molecule has 0 atom stereocenters. The van der Waals surface area contributed by atoms with Crippen LogP contribution in [0.25, 0.3) is 0 Å². The fraction of sp³-hybridized carbons (Fsp3) is 0.412. The maximum atomic E-state index is 13.6. The molecule has 0 unspecified atom stereocenters. The summed E-state index contributed by atoms with van der Waals surface area (Å²) in [7, 11) is 1.64. The summed E-state index contributed by atoms with van der Waals surface area (Å²) in [6.07, 6.45) is 0.872. The molecule has 2 rings (SSSR count). The molecule has 0 spiro atoms. The van der Waals surface area contributed by atoms with Crippen LogP contribution in [0.2, 0.25) is 0 Å². The monoisotopic (exact) mass is 335 g/mol. The molecule has 1 aromatic carbocycles. The van der Waals surface area contributed by atoms with Crippen molar-refractivity contribution in [3.8, 4) is 0 Å². The number of aryl methyl sites for hydroxylation is 3. The Kier molecular flexibility index (Phi) is 6.28. The average Bonchev–Trinajstić information content (AvgIpc) is 2.87. The first-order chi connectivity index (χ1) is 11.5. The van der Waals surface area contributed by atoms with Crippen molar-refractivity contribution in [3.63, 3.8) is 0 Å². The van der Waals surface area contributed by atoms with E-state index in [9.17, 15) is 8.78 Å². The minimum Gasteiger partial charge on any atom is -0.356 e. The molecule has 0 saturated heterocycles. The molecule has 1 heterocycles. The maximum Gasteiger partial charge on any atom is 0.191 e. The Morgan fingerprint density at radius 3 is 2.67 bits per heavy atom. The molecule has 0 bridgehead atoms. The normalized spacial score (nSPS) is 11.6. The second kappa shape index (κ2) is 8.42. The molecule has 0 amide bonds. The summed E-state index contributed by atoms with van der Waals surface area (Å²) in [5, 5.41) is 10.5. The number of aromatic nitrogens is 2. The van der Waals surface area contributed by atoms with E-state index in [2.05, 4.69) is 20.7 Å². The molecule has 1 aromatic heterocycles. The van der Waals surface area contributed by atoms with E-state index in [0.29, 0.717) is 12.5 Å². The minimum atomic E-state index is -0.457. The zero-order valence-corrected chi connectivity index (χ0v) is 14.2. The van der Waals surface area contributed by atoms with Gasteiger partial charge in [-0.05, 0) is 44.5 Å². The number of nitrogens with zero attached hydrogens (tertiary/aromatic N) is 3. The first-order valence-electron chi connectivity index (χ1n) is 7.89. The van der Waals surface area contributed by atoms with Gasteiger partial charge < -0.3 is 10.6 Å². The molecular weight excluding hydrogens is 312 g/mol. The predicted octanol–water partition coefficient (Wildman–Crippen LogP) is 2.53. The van der Waals surface area contributed by atoms with E-state index in [4.69, 9.17) is 0 Å². The van der Waals surface area contributed by atoms with Crippen molar-refractivity contribution in [2.24, 2.45) is 4.99 Å². The van der Waals surface area contributed by atoms with Crippen LogP contribution >= 0.6 is 0 Å². The molecule has 2 N–H and O–H groups in total. The number of guanidine groups is 1. The highest BCUT2D eigenvalue weighted by Gasteiger charge is 2.05. The molecule has 0 aliphatic rings. The molecule has 130 valence electrons. The number of benzene rings is 1. The van der Waals surface area contributed by atoms with Crippen molar-refractivity contribution in [3.05, 3.63) is 52.9 Å². The molecular formula is C17H23F2N5. The van der Waals surface area contributed by atoms with Gasteiger partial charge in [0.1, 0.15) is 11.6 Å². The fourth-order valence-corrected chi connectivity index (χ4v) is 2.42. The van der Waals surface area contributed by atoms with Crippen molar-refractivity contribution >= 4 is 5.96 Å². The highest BCUT2D eigenvalue weighted by Crippen LogP contribution is 2.09. The van der Waals surface area contributed by atoms with Gasteiger partial charge >= 0.3 is 0 Å². The lowest BCUT2D eigenvalue weighted by atomic mass is 10.2. The minimum absolute atomic E-state index is 0.167. The van der Waals surface area contributed by atoms with Crippen LogP contribution in [-0.2, 0) is 13.1 Å². The van der Waals surface area contributed by atoms with Crippen LogP contribution in [0, 0.1) is 25.5 Å². The number of halogens is 2. The summed E-state index contributed by atoms with van der Waals surface area (Å²) in [5.41, 5.74) is 2.41. The van der Waals surface area contributed by atoms with Crippen molar-refractivity contribution < 1.29 is 8.78 Å². The Balaban J connectivity index is 1.76. The first-order valence-corrected chi connectivity index (χ1v) is 7.89.